The molecule has 1 aliphatic rings. The van der Waals surface area contributed by atoms with Crippen molar-refractivity contribution in [3.63, 3.8) is 0 Å². The summed E-state index contributed by atoms with van der Waals surface area (Å²) in [5.41, 5.74) is 0. The molecule has 0 aliphatic carbocycles. The number of rotatable bonds is 58. The Hall–Kier alpha value is -3.16. The van der Waals surface area contributed by atoms with E-state index in [1.807, 2.05) is 6.08 Å². The number of ether oxygens (including phenoxy) is 3. The largest absolute Gasteiger partial charge is 0.454 e. The average molecular weight is 1170 g/mol. The highest BCUT2D eigenvalue weighted by Gasteiger charge is 2.47. The molecule has 1 amide bonds. The van der Waals surface area contributed by atoms with Crippen molar-refractivity contribution >= 4 is 11.9 Å². The zero-order chi connectivity index (χ0) is 60.3. The Labute approximate surface area is 508 Å². The van der Waals surface area contributed by atoms with Crippen LogP contribution in [0, 0.1) is 0 Å². The molecule has 1 rings (SSSR count). The summed E-state index contributed by atoms with van der Waals surface area (Å²) in [5, 5.41) is 57.2. The number of aliphatic hydroxyl groups excluding tert-OH is 5. The fourth-order valence-corrected chi connectivity index (χ4v) is 10.4. The van der Waals surface area contributed by atoms with Crippen molar-refractivity contribution in [2.45, 2.75) is 346 Å². The van der Waals surface area contributed by atoms with E-state index in [0.717, 1.165) is 103 Å². The van der Waals surface area contributed by atoms with Gasteiger partial charge in [-0.1, -0.05) is 279 Å². The van der Waals surface area contributed by atoms with Gasteiger partial charge in [-0.15, -0.1) is 0 Å². The van der Waals surface area contributed by atoms with Crippen LogP contribution in [0.4, 0.5) is 0 Å². The first-order valence-electron chi connectivity index (χ1n) is 34.4. The minimum atomic E-state index is -1.63. The van der Waals surface area contributed by atoms with Gasteiger partial charge in [-0.3, -0.25) is 9.59 Å². The summed E-state index contributed by atoms with van der Waals surface area (Å²) in [4.78, 5) is 26.7. The van der Waals surface area contributed by atoms with Crippen LogP contribution >= 0.6 is 0 Å². The zero-order valence-electron chi connectivity index (χ0n) is 53.3. The maximum absolute atomic E-state index is 13.5. The highest BCUT2D eigenvalue weighted by atomic mass is 16.7. The Kier molecular flexibility index (Phi) is 55.5. The van der Waals surface area contributed by atoms with E-state index in [1.165, 1.54) is 148 Å². The molecule has 1 fully saturated rings. The lowest BCUT2D eigenvalue weighted by molar-refractivity contribution is -0.305. The number of allylic oxidation sites excluding steroid dienone is 13. The van der Waals surface area contributed by atoms with Crippen LogP contribution in [0.5, 0.6) is 0 Å². The highest BCUT2D eigenvalue weighted by Crippen LogP contribution is 2.26. The number of nitrogens with one attached hydrogen (secondary N) is 1. The molecule has 0 aromatic carbocycles. The summed E-state index contributed by atoms with van der Waals surface area (Å²) in [7, 11) is 0. The first kappa shape index (κ1) is 77.9. The van der Waals surface area contributed by atoms with Gasteiger partial charge in [0.25, 0.3) is 0 Å². The van der Waals surface area contributed by atoms with Gasteiger partial charge in [0, 0.05) is 6.42 Å². The molecule has 480 valence electrons. The molecule has 0 aromatic heterocycles. The van der Waals surface area contributed by atoms with E-state index >= 15 is 0 Å². The van der Waals surface area contributed by atoms with Crippen molar-refractivity contribution in [1.82, 2.24) is 5.32 Å². The van der Waals surface area contributed by atoms with E-state index in [2.05, 4.69) is 99.0 Å². The summed E-state index contributed by atoms with van der Waals surface area (Å²) in [6.45, 7) is 5.69. The Balaban J connectivity index is 2.64. The molecule has 11 heteroatoms. The maximum Gasteiger partial charge on any atom is 0.306 e. The summed E-state index contributed by atoms with van der Waals surface area (Å²) in [5.74, 6) is -1.21. The Bertz CT molecular complexity index is 1670. The molecule has 1 saturated heterocycles. The smallest absolute Gasteiger partial charge is 0.306 e. The predicted octanol–water partition coefficient (Wildman–Crippen LogP) is 17.3. The van der Waals surface area contributed by atoms with Crippen LogP contribution in [0.2, 0.25) is 0 Å². The number of unbranched alkanes of at least 4 members (excludes halogenated alkanes) is 32. The third-order valence-corrected chi connectivity index (χ3v) is 15.8. The van der Waals surface area contributed by atoms with Crippen molar-refractivity contribution in [3.8, 4) is 0 Å². The van der Waals surface area contributed by atoms with Crippen molar-refractivity contribution in [1.29, 1.82) is 0 Å². The molecule has 8 atom stereocenters. The van der Waals surface area contributed by atoms with Crippen molar-refractivity contribution in [3.05, 3.63) is 85.1 Å². The van der Waals surface area contributed by atoms with Gasteiger partial charge in [0.05, 0.1) is 25.4 Å². The van der Waals surface area contributed by atoms with Gasteiger partial charge in [0.15, 0.2) is 12.4 Å². The van der Waals surface area contributed by atoms with Gasteiger partial charge in [-0.05, 0) is 96.3 Å². The monoisotopic (exact) mass is 1170 g/mol. The van der Waals surface area contributed by atoms with E-state index in [1.54, 1.807) is 6.08 Å². The summed E-state index contributed by atoms with van der Waals surface area (Å²) >= 11 is 0. The van der Waals surface area contributed by atoms with Crippen LogP contribution in [0.3, 0.4) is 0 Å². The third kappa shape index (κ3) is 46.7. The molecule has 0 bridgehead atoms. The second-order valence-corrected chi connectivity index (χ2v) is 23.5. The van der Waals surface area contributed by atoms with Gasteiger partial charge in [-0.2, -0.15) is 0 Å². The molecule has 6 N–H and O–H groups in total. The van der Waals surface area contributed by atoms with E-state index < -0.39 is 67.4 Å². The molecular formula is C72H127NO10. The van der Waals surface area contributed by atoms with E-state index in [9.17, 15) is 35.1 Å². The summed E-state index contributed by atoms with van der Waals surface area (Å²) < 4.78 is 17.7. The minimum absolute atomic E-state index is 0.0985. The van der Waals surface area contributed by atoms with Crippen LogP contribution < -0.4 is 5.32 Å². The zero-order valence-corrected chi connectivity index (χ0v) is 53.3. The molecule has 0 radical (unpaired) electrons. The molecular weight excluding hydrogens is 1040 g/mol. The van der Waals surface area contributed by atoms with Crippen LogP contribution in [0.25, 0.3) is 0 Å². The quantitative estimate of drug-likeness (QED) is 0.0195. The number of carbonyl (C=O) groups excluding carboxylic acids is 2. The third-order valence-electron chi connectivity index (χ3n) is 15.8. The lowest BCUT2D eigenvalue weighted by atomic mass is 9.99. The fourth-order valence-electron chi connectivity index (χ4n) is 10.4. The van der Waals surface area contributed by atoms with E-state index in [-0.39, 0.29) is 19.4 Å². The number of carbonyl (C=O) groups is 2. The van der Waals surface area contributed by atoms with Gasteiger partial charge in [0.1, 0.15) is 24.4 Å². The first-order valence-corrected chi connectivity index (χ1v) is 34.4. The second kappa shape index (κ2) is 59.2. The Morgan fingerprint density at radius 2 is 0.867 bits per heavy atom. The Morgan fingerprint density at radius 3 is 1.31 bits per heavy atom. The normalized spacial score (nSPS) is 19.1. The highest BCUT2D eigenvalue weighted by molar-refractivity contribution is 5.80. The SMILES string of the molecule is CC/C=C\C/C=C\C/C=C\C/C=C\C/C=C\CCCCCCCC(=O)OC1C(OCC(NC(=O)C(O)CCCCCCCCCCCC/C=C/CCCCCCCC)C(O)/C=C/CCCCCCCCCCCCC)OC(CO)C(O)C1O. The predicted molar refractivity (Wildman–Crippen MR) is 347 cm³/mol. The Morgan fingerprint density at radius 1 is 0.482 bits per heavy atom. The number of aliphatic hydroxyl groups is 5. The second-order valence-electron chi connectivity index (χ2n) is 23.5. The van der Waals surface area contributed by atoms with Gasteiger partial charge < -0.3 is 45.1 Å². The van der Waals surface area contributed by atoms with Crippen LogP contribution in [-0.2, 0) is 23.8 Å². The average Bonchev–Trinajstić information content (AvgIpc) is 3.58. The molecule has 0 aromatic rings. The van der Waals surface area contributed by atoms with Gasteiger partial charge in [0.2, 0.25) is 5.91 Å². The fraction of sp³-hybridized carbons (Fsp3) is 0.778. The molecule has 11 nitrogen and oxygen atoms in total. The minimum Gasteiger partial charge on any atom is -0.454 e. The summed E-state index contributed by atoms with van der Waals surface area (Å²) in [6, 6.07) is -1.03. The molecule has 83 heavy (non-hydrogen) atoms. The topological polar surface area (TPSA) is 175 Å². The van der Waals surface area contributed by atoms with Gasteiger partial charge in [-0.25, -0.2) is 0 Å². The van der Waals surface area contributed by atoms with Crippen LogP contribution in [0.15, 0.2) is 85.1 Å². The number of esters is 1. The van der Waals surface area contributed by atoms with Crippen molar-refractivity contribution < 1.29 is 49.3 Å². The number of amides is 1. The first-order chi connectivity index (χ1) is 40.7. The molecule has 1 aliphatic heterocycles. The van der Waals surface area contributed by atoms with E-state index in [4.69, 9.17) is 14.2 Å². The molecule has 0 saturated carbocycles. The number of hydrogen-bond donors (Lipinski definition) is 6. The van der Waals surface area contributed by atoms with E-state index in [0.29, 0.717) is 12.8 Å². The van der Waals surface area contributed by atoms with Gasteiger partial charge >= 0.3 is 5.97 Å². The van der Waals surface area contributed by atoms with Crippen molar-refractivity contribution in [2.75, 3.05) is 13.2 Å². The van der Waals surface area contributed by atoms with Crippen molar-refractivity contribution in [2.24, 2.45) is 0 Å². The molecule has 8 unspecified atom stereocenters. The molecule has 1 heterocycles. The standard InChI is InChI=1S/C72H127NO10/c1-4-7-10-13-16-19-22-25-27-29-31-33-35-37-39-42-45-48-51-54-57-60-67(77)83-70-69(79)68(78)66(61-74)82-72(70)81-62-63(64(75)58-55-52-49-46-43-40-24-21-18-15-12-9-6-3)73-71(80)65(76)59-56-53-50-47-44-41-38-36-34-32-30-28-26-23-20-17-14-11-8-5-2/h7,10,16,19,25-28,31,33,37,39,55,58,63-66,68-70,72,74-76,78-79H,4-6,8-9,11-15,17-18,20-24,29-30,32,34-36,38,40-54,56-57,59-62H2,1-3H3,(H,73,80)/b10-7-,19-16-,27-25-,28-26+,33-31-,39-37-,58-55+. The summed E-state index contributed by atoms with van der Waals surface area (Å²) in [6.07, 6.45) is 67.5. The van der Waals surface area contributed by atoms with Crippen LogP contribution in [-0.4, -0.2) is 99.6 Å². The lowest BCUT2D eigenvalue weighted by Crippen LogP contribution is -2.61. The number of hydrogen-bond acceptors (Lipinski definition) is 10. The maximum atomic E-state index is 13.5. The molecule has 0 spiro atoms. The lowest BCUT2D eigenvalue weighted by Gasteiger charge is -2.41. The van der Waals surface area contributed by atoms with Crippen LogP contribution in [0.1, 0.15) is 297 Å².